The van der Waals surface area contributed by atoms with Crippen molar-refractivity contribution < 1.29 is 13.5 Å². The Morgan fingerprint density at radius 1 is 1.21 bits per heavy atom. The summed E-state index contributed by atoms with van der Waals surface area (Å²) in [5.74, 6) is -0.762. The van der Waals surface area contributed by atoms with Gasteiger partial charge in [0.15, 0.2) is 0 Å². The third-order valence-electron chi connectivity index (χ3n) is 3.96. The maximum atomic E-state index is 13.9. The van der Waals surface area contributed by atoms with Crippen molar-refractivity contribution in [3.8, 4) is 0 Å². The highest BCUT2D eigenvalue weighted by atomic mass is 19.1. The van der Waals surface area contributed by atoms with Gasteiger partial charge in [0.2, 0.25) is 0 Å². The van der Waals surface area contributed by atoms with Crippen LogP contribution in [0.2, 0.25) is 0 Å². The molecule has 104 valence electrons. The maximum absolute atomic E-state index is 13.9. The van der Waals surface area contributed by atoms with Crippen molar-refractivity contribution in [3.05, 3.63) is 35.4 Å². The predicted molar refractivity (Wildman–Crippen MR) is 68.8 cm³/mol. The first-order valence-corrected chi connectivity index (χ1v) is 7.04. The Bertz CT molecular complexity index is 448. The summed E-state index contributed by atoms with van der Waals surface area (Å²) in [6.07, 6.45) is 4.27. The minimum atomic E-state index is -0.537. The van der Waals surface area contributed by atoms with Gasteiger partial charge in [0.05, 0.1) is 6.10 Å². The van der Waals surface area contributed by atoms with Crippen molar-refractivity contribution in [2.75, 3.05) is 13.2 Å². The minimum absolute atomic E-state index is 0.249. The van der Waals surface area contributed by atoms with Gasteiger partial charge in [-0.3, -0.25) is 0 Å². The lowest BCUT2D eigenvalue weighted by Crippen LogP contribution is -2.33. The number of hydrogen-bond acceptors (Lipinski definition) is 2. The van der Waals surface area contributed by atoms with E-state index in [0.717, 1.165) is 25.5 Å². The number of hydrogen-bond donors (Lipinski definition) is 1. The first-order valence-electron chi connectivity index (χ1n) is 7.04. The number of nitrogens with one attached hydrogen (secondary N) is 1. The number of halogens is 2. The van der Waals surface area contributed by atoms with E-state index in [1.54, 1.807) is 0 Å². The van der Waals surface area contributed by atoms with Crippen molar-refractivity contribution in [3.63, 3.8) is 0 Å². The Balaban J connectivity index is 1.74. The summed E-state index contributed by atoms with van der Waals surface area (Å²) >= 11 is 0. The highest BCUT2D eigenvalue weighted by Gasteiger charge is 2.31. The van der Waals surface area contributed by atoms with Crippen molar-refractivity contribution in [1.82, 2.24) is 5.32 Å². The third kappa shape index (κ3) is 3.12. The molecule has 1 aromatic carbocycles. The molecule has 1 heterocycles. The molecule has 1 saturated heterocycles. The molecule has 2 aliphatic rings. The van der Waals surface area contributed by atoms with E-state index in [1.807, 2.05) is 0 Å². The lowest BCUT2D eigenvalue weighted by Gasteiger charge is -2.32. The number of benzene rings is 1. The quantitative estimate of drug-likeness (QED) is 0.904. The van der Waals surface area contributed by atoms with E-state index in [2.05, 4.69) is 5.32 Å². The van der Waals surface area contributed by atoms with E-state index in [4.69, 9.17) is 4.74 Å². The number of ether oxygens (including phenoxy) is 1. The molecule has 1 N–H and O–H groups in total. The van der Waals surface area contributed by atoms with Gasteiger partial charge in [0.1, 0.15) is 11.6 Å². The van der Waals surface area contributed by atoms with Crippen LogP contribution < -0.4 is 5.32 Å². The molecule has 2 fully saturated rings. The Labute approximate surface area is 112 Å². The molecular weight excluding hydrogens is 248 g/mol. The molecule has 2 nitrogen and oxygen atoms in total. The molecule has 2 atom stereocenters. The van der Waals surface area contributed by atoms with Gasteiger partial charge in [0.25, 0.3) is 0 Å². The van der Waals surface area contributed by atoms with Crippen molar-refractivity contribution in [2.45, 2.75) is 37.8 Å². The van der Waals surface area contributed by atoms with Gasteiger partial charge in [-0.1, -0.05) is 6.07 Å². The normalized spacial score (nSPS) is 27.5. The van der Waals surface area contributed by atoms with Crippen LogP contribution in [0.15, 0.2) is 18.2 Å². The molecule has 1 aliphatic heterocycles. The molecule has 1 aromatic rings. The third-order valence-corrected chi connectivity index (χ3v) is 3.96. The summed E-state index contributed by atoms with van der Waals surface area (Å²) in [4.78, 5) is 0. The molecule has 1 saturated carbocycles. The monoisotopic (exact) mass is 267 g/mol. The molecule has 0 aromatic heterocycles. The summed E-state index contributed by atoms with van der Waals surface area (Å²) in [7, 11) is 0. The van der Waals surface area contributed by atoms with Crippen LogP contribution in [0, 0.1) is 17.6 Å². The van der Waals surface area contributed by atoms with Crippen molar-refractivity contribution >= 4 is 0 Å². The van der Waals surface area contributed by atoms with Gasteiger partial charge >= 0.3 is 0 Å². The fourth-order valence-corrected chi connectivity index (χ4v) is 2.73. The van der Waals surface area contributed by atoms with Crippen LogP contribution >= 0.6 is 0 Å². The maximum Gasteiger partial charge on any atom is 0.131 e. The molecule has 2 unspecified atom stereocenters. The van der Waals surface area contributed by atoms with Gasteiger partial charge in [-0.15, -0.1) is 0 Å². The Morgan fingerprint density at radius 3 is 2.79 bits per heavy atom. The highest BCUT2D eigenvalue weighted by molar-refractivity contribution is 5.22. The van der Waals surface area contributed by atoms with Crippen LogP contribution in [0.4, 0.5) is 8.78 Å². The van der Waals surface area contributed by atoms with E-state index in [1.165, 1.54) is 25.0 Å². The standard InChI is InChI=1S/C15H19F2NO/c16-11-3-6-13(14(17)8-11)15-10(2-1-7-19-15)9-18-12-4-5-12/h3,6,8,10,12,15,18H,1-2,4-5,7,9H2. The highest BCUT2D eigenvalue weighted by Crippen LogP contribution is 2.35. The van der Waals surface area contributed by atoms with Gasteiger partial charge in [0, 0.05) is 36.7 Å². The van der Waals surface area contributed by atoms with Crippen LogP contribution in [-0.4, -0.2) is 19.2 Å². The van der Waals surface area contributed by atoms with Crippen molar-refractivity contribution in [1.29, 1.82) is 0 Å². The SMILES string of the molecule is Fc1ccc(C2OCCCC2CNC2CC2)c(F)c1. The fraction of sp³-hybridized carbons (Fsp3) is 0.600. The second kappa shape index (κ2) is 5.55. The lowest BCUT2D eigenvalue weighted by molar-refractivity contribution is -0.0297. The van der Waals surface area contributed by atoms with E-state index in [0.29, 0.717) is 18.2 Å². The van der Waals surface area contributed by atoms with E-state index >= 15 is 0 Å². The summed E-state index contributed by atoms with van der Waals surface area (Å²) in [6, 6.07) is 4.41. The molecule has 1 aliphatic carbocycles. The van der Waals surface area contributed by atoms with E-state index < -0.39 is 11.6 Å². The molecule has 4 heteroatoms. The summed E-state index contributed by atoms with van der Waals surface area (Å²) in [5, 5.41) is 3.48. The molecule has 0 bridgehead atoms. The van der Waals surface area contributed by atoms with Crippen LogP contribution in [0.3, 0.4) is 0 Å². The van der Waals surface area contributed by atoms with Crippen LogP contribution in [0.1, 0.15) is 37.4 Å². The second-order valence-electron chi connectivity index (χ2n) is 5.54. The molecule has 0 radical (unpaired) electrons. The topological polar surface area (TPSA) is 21.3 Å². The second-order valence-corrected chi connectivity index (χ2v) is 5.54. The van der Waals surface area contributed by atoms with Gasteiger partial charge in [-0.25, -0.2) is 8.78 Å². The summed E-state index contributed by atoms with van der Waals surface area (Å²) < 4.78 is 32.6. The van der Waals surface area contributed by atoms with Gasteiger partial charge in [-0.2, -0.15) is 0 Å². The summed E-state index contributed by atoms with van der Waals surface area (Å²) in [6.45, 7) is 1.51. The Kier molecular flexibility index (Phi) is 3.80. The zero-order chi connectivity index (χ0) is 13.2. The van der Waals surface area contributed by atoms with Gasteiger partial charge < -0.3 is 10.1 Å². The predicted octanol–water partition coefficient (Wildman–Crippen LogP) is 3.18. The average Bonchev–Trinajstić information content (AvgIpc) is 3.21. The Hall–Kier alpha value is -1.00. The first kappa shape index (κ1) is 13.0. The largest absolute Gasteiger partial charge is 0.373 e. The average molecular weight is 267 g/mol. The zero-order valence-corrected chi connectivity index (χ0v) is 10.9. The van der Waals surface area contributed by atoms with Crippen LogP contribution in [-0.2, 0) is 4.74 Å². The zero-order valence-electron chi connectivity index (χ0n) is 10.9. The summed E-state index contributed by atoms with van der Waals surface area (Å²) in [5.41, 5.74) is 0.490. The first-order chi connectivity index (χ1) is 9.24. The van der Waals surface area contributed by atoms with E-state index in [9.17, 15) is 8.78 Å². The van der Waals surface area contributed by atoms with Gasteiger partial charge in [-0.05, 0) is 31.7 Å². The molecular formula is C15H19F2NO. The van der Waals surface area contributed by atoms with Crippen LogP contribution in [0.5, 0.6) is 0 Å². The minimum Gasteiger partial charge on any atom is -0.373 e. The number of rotatable bonds is 4. The molecule has 0 spiro atoms. The molecule has 0 amide bonds. The fourth-order valence-electron chi connectivity index (χ4n) is 2.73. The Morgan fingerprint density at radius 2 is 2.05 bits per heavy atom. The van der Waals surface area contributed by atoms with Crippen LogP contribution in [0.25, 0.3) is 0 Å². The van der Waals surface area contributed by atoms with E-state index in [-0.39, 0.29) is 12.0 Å². The smallest absolute Gasteiger partial charge is 0.131 e. The lowest BCUT2D eigenvalue weighted by atomic mass is 9.89. The molecule has 3 rings (SSSR count). The molecule has 19 heavy (non-hydrogen) atoms. The van der Waals surface area contributed by atoms with Crippen molar-refractivity contribution in [2.24, 2.45) is 5.92 Å².